The first-order valence-electron chi connectivity index (χ1n) is 5.75. The third-order valence-corrected chi connectivity index (χ3v) is 3.82. The summed E-state index contributed by atoms with van der Waals surface area (Å²) in [5.74, 6) is 2.11. The normalized spacial score (nSPS) is 27.2. The second kappa shape index (κ2) is 2.99. The highest BCUT2D eigenvalue weighted by atomic mass is 16.5. The molecule has 80 valence electrons. The third-order valence-electron chi connectivity index (χ3n) is 3.82. The van der Waals surface area contributed by atoms with Gasteiger partial charge < -0.3 is 10.5 Å². The first-order chi connectivity index (χ1) is 7.27. The van der Waals surface area contributed by atoms with Crippen LogP contribution >= 0.6 is 0 Å². The molecule has 2 N–H and O–H groups in total. The minimum atomic E-state index is 0.114. The van der Waals surface area contributed by atoms with Crippen molar-refractivity contribution in [2.75, 3.05) is 6.54 Å². The smallest absolute Gasteiger partial charge is 0.123 e. The van der Waals surface area contributed by atoms with Gasteiger partial charge in [-0.2, -0.15) is 0 Å². The van der Waals surface area contributed by atoms with Gasteiger partial charge in [0.25, 0.3) is 0 Å². The Bertz CT molecular complexity index is 384. The molecule has 0 bridgehead atoms. The first kappa shape index (κ1) is 9.22. The maximum Gasteiger partial charge on any atom is 0.123 e. The van der Waals surface area contributed by atoms with E-state index in [4.69, 9.17) is 10.5 Å². The van der Waals surface area contributed by atoms with Crippen LogP contribution in [0.4, 0.5) is 0 Å². The van der Waals surface area contributed by atoms with E-state index in [0.29, 0.717) is 11.8 Å². The zero-order valence-electron chi connectivity index (χ0n) is 9.07. The lowest BCUT2D eigenvalue weighted by atomic mass is 9.83. The van der Waals surface area contributed by atoms with E-state index in [2.05, 4.69) is 25.1 Å². The Morgan fingerprint density at radius 2 is 2.20 bits per heavy atom. The average molecular weight is 203 g/mol. The number of fused-ring (bicyclic) bond motifs is 1. The summed E-state index contributed by atoms with van der Waals surface area (Å²) >= 11 is 0. The maximum absolute atomic E-state index is 6.09. The lowest BCUT2D eigenvalue weighted by Gasteiger charge is -2.23. The summed E-state index contributed by atoms with van der Waals surface area (Å²) in [5, 5.41) is 0. The monoisotopic (exact) mass is 203 g/mol. The highest BCUT2D eigenvalue weighted by Gasteiger charge is 2.58. The molecule has 0 amide bonds. The van der Waals surface area contributed by atoms with Crippen molar-refractivity contribution in [3.05, 3.63) is 29.8 Å². The Hall–Kier alpha value is -1.02. The van der Waals surface area contributed by atoms with Crippen molar-refractivity contribution in [3.8, 4) is 5.75 Å². The minimum absolute atomic E-state index is 0.114. The predicted molar refractivity (Wildman–Crippen MR) is 60.0 cm³/mol. The summed E-state index contributed by atoms with van der Waals surface area (Å²) in [5.41, 5.74) is 7.28. The van der Waals surface area contributed by atoms with Crippen LogP contribution in [0.2, 0.25) is 0 Å². The van der Waals surface area contributed by atoms with Crippen molar-refractivity contribution in [2.45, 2.75) is 31.3 Å². The Morgan fingerprint density at radius 3 is 2.87 bits per heavy atom. The number of nitrogens with two attached hydrogens (primary N) is 1. The number of ether oxygens (including phenoxy) is 1. The van der Waals surface area contributed by atoms with Crippen LogP contribution in [0, 0.1) is 5.92 Å². The number of hydrogen-bond acceptors (Lipinski definition) is 2. The summed E-state index contributed by atoms with van der Waals surface area (Å²) in [6.45, 7) is 2.97. The second-order valence-corrected chi connectivity index (χ2v) is 4.90. The van der Waals surface area contributed by atoms with Gasteiger partial charge in [-0.3, -0.25) is 0 Å². The summed E-state index contributed by atoms with van der Waals surface area (Å²) < 4.78 is 6.09. The van der Waals surface area contributed by atoms with Crippen LogP contribution in [0.5, 0.6) is 5.75 Å². The molecule has 2 heteroatoms. The van der Waals surface area contributed by atoms with Gasteiger partial charge >= 0.3 is 0 Å². The molecule has 15 heavy (non-hydrogen) atoms. The third kappa shape index (κ3) is 1.21. The van der Waals surface area contributed by atoms with Gasteiger partial charge in [0.1, 0.15) is 11.4 Å². The molecule has 0 radical (unpaired) electrons. The Balaban J connectivity index is 2.04. The highest BCUT2D eigenvalue weighted by Crippen LogP contribution is 2.59. The molecule has 3 rings (SSSR count). The highest BCUT2D eigenvalue weighted by molar-refractivity contribution is 5.45. The predicted octanol–water partition coefficient (Wildman–Crippen LogP) is 2.29. The fourth-order valence-corrected chi connectivity index (χ4v) is 2.89. The first-order valence-corrected chi connectivity index (χ1v) is 5.75. The average Bonchev–Trinajstić information content (AvgIpc) is 2.93. The van der Waals surface area contributed by atoms with Gasteiger partial charge in [0.05, 0.1) is 0 Å². The van der Waals surface area contributed by atoms with Crippen LogP contribution in [-0.4, -0.2) is 12.1 Å². The lowest BCUT2D eigenvalue weighted by Crippen LogP contribution is -2.29. The summed E-state index contributed by atoms with van der Waals surface area (Å²) in [4.78, 5) is 0. The van der Waals surface area contributed by atoms with E-state index in [1.54, 1.807) is 0 Å². The van der Waals surface area contributed by atoms with Crippen LogP contribution in [0.1, 0.15) is 31.2 Å². The van der Waals surface area contributed by atoms with E-state index < -0.39 is 0 Å². The number of benzene rings is 1. The fraction of sp³-hybridized carbons (Fsp3) is 0.538. The van der Waals surface area contributed by atoms with E-state index in [9.17, 15) is 0 Å². The van der Waals surface area contributed by atoms with Crippen molar-refractivity contribution >= 4 is 0 Å². The van der Waals surface area contributed by atoms with Crippen LogP contribution in [-0.2, 0) is 0 Å². The van der Waals surface area contributed by atoms with Crippen molar-refractivity contribution in [3.63, 3.8) is 0 Å². The second-order valence-electron chi connectivity index (χ2n) is 4.90. The van der Waals surface area contributed by atoms with Crippen LogP contribution in [0.25, 0.3) is 0 Å². The lowest BCUT2D eigenvalue weighted by molar-refractivity contribution is 0.158. The van der Waals surface area contributed by atoms with E-state index in [-0.39, 0.29) is 5.60 Å². The molecule has 1 aliphatic heterocycles. The van der Waals surface area contributed by atoms with Crippen molar-refractivity contribution in [1.29, 1.82) is 0 Å². The largest absolute Gasteiger partial charge is 0.486 e. The number of hydrogen-bond donors (Lipinski definition) is 1. The molecule has 1 aromatic carbocycles. The number of para-hydroxylation sites is 1. The Labute approximate surface area is 90.4 Å². The molecule has 0 aromatic heterocycles. The minimum Gasteiger partial charge on any atom is -0.486 e. The fourth-order valence-electron chi connectivity index (χ4n) is 2.89. The van der Waals surface area contributed by atoms with Crippen molar-refractivity contribution < 1.29 is 4.74 Å². The molecular weight excluding hydrogens is 186 g/mol. The number of rotatable bonds is 2. The van der Waals surface area contributed by atoms with E-state index in [1.807, 2.05) is 6.07 Å². The topological polar surface area (TPSA) is 35.2 Å². The van der Waals surface area contributed by atoms with Gasteiger partial charge in [0.15, 0.2) is 0 Å². The molecule has 1 heterocycles. The van der Waals surface area contributed by atoms with Crippen molar-refractivity contribution in [2.24, 2.45) is 11.7 Å². The Kier molecular flexibility index (Phi) is 1.84. The van der Waals surface area contributed by atoms with E-state index in [1.165, 1.54) is 18.4 Å². The van der Waals surface area contributed by atoms with Gasteiger partial charge in [-0.05, 0) is 31.4 Å². The standard InChI is InChI=1S/C13H17NO/c1-9(8-14)12-10-4-2-3-5-11(10)15-13(12)6-7-13/h2-5,9,12H,6-8,14H2,1H3. The van der Waals surface area contributed by atoms with E-state index >= 15 is 0 Å². The van der Waals surface area contributed by atoms with Gasteiger partial charge in [0.2, 0.25) is 0 Å². The maximum atomic E-state index is 6.09. The van der Waals surface area contributed by atoms with Gasteiger partial charge in [-0.25, -0.2) is 0 Å². The summed E-state index contributed by atoms with van der Waals surface area (Å²) in [7, 11) is 0. The summed E-state index contributed by atoms with van der Waals surface area (Å²) in [6, 6.07) is 8.42. The zero-order valence-corrected chi connectivity index (χ0v) is 9.07. The van der Waals surface area contributed by atoms with Crippen molar-refractivity contribution in [1.82, 2.24) is 0 Å². The molecule has 2 nitrogen and oxygen atoms in total. The molecule has 1 aliphatic carbocycles. The van der Waals surface area contributed by atoms with E-state index in [0.717, 1.165) is 12.3 Å². The summed E-state index contributed by atoms with van der Waals surface area (Å²) in [6.07, 6.45) is 2.38. The molecule has 1 saturated carbocycles. The molecule has 2 unspecified atom stereocenters. The van der Waals surface area contributed by atoms with Gasteiger partial charge in [-0.1, -0.05) is 25.1 Å². The molecule has 1 fully saturated rings. The van der Waals surface area contributed by atoms with Gasteiger partial charge in [-0.15, -0.1) is 0 Å². The Morgan fingerprint density at radius 1 is 1.47 bits per heavy atom. The van der Waals surface area contributed by atoms with Crippen LogP contribution in [0.15, 0.2) is 24.3 Å². The molecule has 1 aromatic rings. The molecule has 1 spiro atoms. The van der Waals surface area contributed by atoms with Gasteiger partial charge in [0, 0.05) is 11.5 Å². The SMILES string of the molecule is CC(CN)C1c2ccccc2OC12CC2. The van der Waals surface area contributed by atoms with Crippen LogP contribution in [0.3, 0.4) is 0 Å². The zero-order chi connectivity index (χ0) is 10.5. The molecule has 2 aliphatic rings. The molecule has 0 saturated heterocycles. The quantitative estimate of drug-likeness (QED) is 0.800. The van der Waals surface area contributed by atoms with Crippen LogP contribution < -0.4 is 10.5 Å². The molecular formula is C13H17NO. The molecule has 2 atom stereocenters.